The van der Waals surface area contributed by atoms with E-state index in [-0.39, 0.29) is 12.1 Å². The van der Waals surface area contributed by atoms with Crippen molar-refractivity contribution in [2.24, 2.45) is 0 Å². The van der Waals surface area contributed by atoms with E-state index in [1.54, 1.807) is 13.8 Å². The quantitative estimate of drug-likeness (QED) is 0.743. The Balaban J connectivity index is 0.000000284. The molecule has 2 unspecified atom stereocenters. The Kier molecular flexibility index (Phi) is 8.34. The summed E-state index contributed by atoms with van der Waals surface area (Å²) in [5.41, 5.74) is 0. The lowest BCUT2D eigenvalue weighted by Gasteiger charge is -2.03. The maximum atomic E-state index is 10.1. The van der Waals surface area contributed by atoms with Crippen molar-refractivity contribution in [2.45, 2.75) is 46.2 Å². The fraction of sp³-hybridized carbons (Fsp3) is 0.846. The normalized spacial score (nSPS) is 20.0. The van der Waals surface area contributed by atoms with Gasteiger partial charge in [-0.25, -0.2) is 0 Å². The highest BCUT2D eigenvalue weighted by atomic mass is 16.4. The number of hydrogen-bond acceptors (Lipinski definition) is 4. The molecule has 0 radical (unpaired) electrons. The minimum atomic E-state index is -0.720. The second kappa shape index (κ2) is 8.87. The number of carboxylic acid groups (broad SMARTS) is 2. The van der Waals surface area contributed by atoms with Gasteiger partial charge in [-0.3, -0.25) is 19.4 Å². The van der Waals surface area contributed by atoms with E-state index in [1.165, 1.54) is 6.42 Å². The van der Waals surface area contributed by atoms with Gasteiger partial charge in [-0.15, -0.1) is 0 Å². The molecule has 0 aromatic heterocycles. The van der Waals surface area contributed by atoms with Gasteiger partial charge in [0, 0.05) is 26.2 Å². The minimum Gasteiger partial charge on any atom is -0.480 e. The molecule has 2 aliphatic rings. The fourth-order valence-electron chi connectivity index (χ4n) is 1.20. The number of hydrogen-bond donors (Lipinski definition) is 2. The number of aliphatic carboxylic acids is 2. The van der Waals surface area contributed by atoms with Gasteiger partial charge in [-0.2, -0.15) is 0 Å². The minimum absolute atomic E-state index is 0.269. The molecule has 6 heteroatoms. The number of rotatable bonds is 4. The Morgan fingerprint density at radius 3 is 1.16 bits per heavy atom. The summed E-state index contributed by atoms with van der Waals surface area (Å²) in [6.45, 7) is 11.5. The summed E-state index contributed by atoms with van der Waals surface area (Å²) in [7, 11) is 0. The van der Waals surface area contributed by atoms with Crippen molar-refractivity contribution in [1.82, 2.24) is 9.80 Å². The zero-order chi connectivity index (χ0) is 15.0. The predicted molar refractivity (Wildman–Crippen MR) is 73.3 cm³/mol. The van der Waals surface area contributed by atoms with Crippen LogP contribution in [-0.2, 0) is 9.59 Å². The summed E-state index contributed by atoms with van der Waals surface area (Å²) in [6.07, 6.45) is 1.25. The monoisotopic (exact) mass is 274 g/mol. The second-order valence-electron chi connectivity index (χ2n) is 4.81. The van der Waals surface area contributed by atoms with E-state index < -0.39 is 11.9 Å². The van der Waals surface area contributed by atoms with E-state index in [0.717, 1.165) is 26.2 Å². The molecule has 0 saturated carbocycles. The highest BCUT2D eigenvalue weighted by Crippen LogP contribution is 2.09. The molecule has 0 bridgehead atoms. The second-order valence-corrected chi connectivity index (χ2v) is 4.81. The molecule has 0 spiro atoms. The van der Waals surface area contributed by atoms with Crippen LogP contribution in [0.4, 0.5) is 0 Å². The van der Waals surface area contributed by atoms with Gasteiger partial charge in [0.2, 0.25) is 0 Å². The molecule has 2 saturated heterocycles. The Morgan fingerprint density at radius 2 is 1.11 bits per heavy atom. The van der Waals surface area contributed by atoms with Gasteiger partial charge < -0.3 is 10.2 Å². The molecule has 0 aromatic carbocycles. The van der Waals surface area contributed by atoms with Crippen LogP contribution in [0.25, 0.3) is 0 Å². The number of nitrogens with zero attached hydrogens (tertiary/aromatic N) is 2. The highest BCUT2D eigenvalue weighted by Gasteiger charge is 2.29. The Hall–Kier alpha value is -1.14. The summed E-state index contributed by atoms with van der Waals surface area (Å²) in [4.78, 5) is 24.1. The van der Waals surface area contributed by atoms with Crippen LogP contribution >= 0.6 is 0 Å². The van der Waals surface area contributed by atoms with Crippen molar-refractivity contribution in [1.29, 1.82) is 0 Å². The summed E-state index contributed by atoms with van der Waals surface area (Å²) in [6, 6.07) is -0.537. The van der Waals surface area contributed by atoms with Crippen molar-refractivity contribution in [2.75, 3.05) is 26.2 Å². The largest absolute Gasteiger partial charge is 0.480 e. The van der Waals surface area contributed by atoms with Crippen LogP contribution in [0.5, 0.6) is 0 Å². The van der Waals surface area contributed by atoms with E-state index in [9.17, 15) is 9.59 Å². The molecule has 112 valence electrons. The topological polar surface area (TPSA) is 80.6 Å². The van der Waals surface area contributed by atoms with E-state index in [1.807, 2.05) is 9.80 Å². The standard InChI is InChI=1S/2C5H9NO2.C3H8/c2*1-4(5(7)8)6-2-3-6;1-3-2/h2*4H,2-3H2,1H3,(H,7,8);3H2,1-2H3. The van der Waals surface area contributed by atoms with Crippen molar-refractivity contribution in [3.63, 3.8) is 0 Å². The lowest BCUT2D eigenvalue weighted by Crippen LogP contribution is -2.24. The third-order valence-corrected chi connectivity index (χ3v) is 2.77. The maximum Gasteiger partial charge on any atom is 0.320 e. The first kappa shape index (κ1) is 17.9. The van der Waals surface area contributed by atoms with E-state index in [2.05, 4.69) is 13.8 Å². The number of carbonyl (C=O) groups is 2. The van der Waals surface area contributed by atoms with E-state index >= 15 is 0 Å². The third kappa shape index (κ3) is 8.56. The summed E-state index contributed by atoms with van der Waals surface area (Å²) in [5.74, 6) is -1.44. The van der Waals surface area contributed by atoms with Crippen LogP contribution in [0.2, 0.25) is 0 Å². The zero-order valence-electron chi connectivity index (χ0n) is 12.3. The van der Waals surface area contributed by atoms with Gasteiger partial charge in [0.05, 0.1) is 0 Å². The van der Waals surface area contributed by atoms with Crippen LogP contribution in [0.3, 0.4) is 0 Å². The molecular formula is C13H26N2O4. The molecular weight excluding hydrogens is 248 g/mol. The Bertz CT molecular complexity index is 260. The maximum absolute atomic E-state index is 10.1. The molecule has 2 atom stereocenters. The van der Waals surface area contributed by atoms with Crippen LogP contribution in [0.1, 0.15) is 34.1 Å². The number of carboxylic acids is 2. The van der Waals surface area contributed by atoms with Crippen LogP contribution in [0, 0.1) is 0 Å². The molecule has 0 amide bonds. The molecule has 2 aliphatic heterocycles. The first-order valence-electron chi connectivity index (χ1n) is 6.78. The van der Waals surface area contributed by atoms with E-state index in [0.29, 0.717) is 0 Å². The third-order valence-electron chi connectivity index (χ3n) is 2.77. The molecule has 0 aromatic rings. The molecule has 2 heterocycles. The van der Waals surface area contributed by atoms with Gasteiger partial charge in [0.15, 0.2) is 0 Å². The zero-order valence-corrected chi connectivity index (χ0v) is 12.3. The SMILES string of the molecule is CC(C(=O)O)N1CC1.CC(C(=O)O)N1CC1.CCC. The lowest BCUT2D eigenvalue weighted by molar-refractivity contribution is -0.141. The smallest absolute Gasteiger partial charge is 0.320 e. The molecule has 2 fully saturated rings. The van der Waals surface area contributed by atoms with Gasteiger partial charge in [0.25, 0.3) is 0 Å². The van der Waals surface area contributed by atoms with Crippen molar-refractivity contribution in [3.8, 4) is 0 Å². The van der Waals surface area contributed by atoms with E-state index in [4.69, 9.17) is 10.2 Å². The summed E-state index contributed by atoms with van der Waals surface area (Å²) in [5, 5.41) is 16.7. The average Bonchev–Trinajstić information content (AvgIpc) is 3.20. The Labute approximate surface area is 115 Å². The van der Waals surface area contributed by atoms with Gasteiger partial charge in [0.1, 0.15) is 12.1 Å². The summed E-state index contributed by atoms with van der Waals surface area (Å²) >= 11 is 0. The van der Waals surface area contributed by atoms with Crippen molar-refractivity contribution >= 4 is 11.9 Å². The first-order valence-corrected chi connectivity index (χ1v) is 6.78. The van der Waals surface area contributed by atoms with Gasteiger partial charge in [-0.1, -0.05) is 20.3 Å². The molecule has 19 heavy (non-hydrogen) atoms. The van der Waals surface area contributed by atoms with Crippen LogP contribution in [-0.4, -0.2) is 70.2 Å². The molecule has 2 N–H and O–H groups in total. The highest BCUT2D eigenvalue weighted by molar-refractivity contribution is 5.73. The summed E-state index contributed by atoms with van der Waals surface area (Å²) < 4.78 is 0. The molecule has 6 nitrogen and oxygen atoms in total. The molecule has 0 aliphatic carbocycles. The van der Waals surface area contributed by atoms with Crippen molar-refractivity contribution in [3.05, 3.63) is 0 Å². The van der Waals surface area contributed by atoms with Crippen LogP contribution < -0.4 is 0 Å². The molecule has 2 rings (SSSR count). The van der Waals surface area contributed by atoms with Crippen LogP contribution in [0.15, 0.2) is 0 Å². The Morgan fingerprint density at radius 1 is 0.895 bits per heavy atom. The first-order chi connectivity index (χ1) is 8.84. The predicted octanol–water partition coefficient (Wildman–Crippen LogP) is 0.967. The lowest BCUT2D eigenvalue weighted by atomic mass is 10.3. The van der Waals surface area contributed by atoms with Gasteiger partial charge in [-0.05, 0) is 13.8 Å². The average molecular weight is 274 g/mol. The van der Waals surface area contributed by atoms with Crippen molar-refractivity contribution < 1.29 is 19.8 Å². The fourth-order valence-corrected chi connectivity index (χ4v) is 1.20. The van der Waals surface area contributed by atoms with Gasteiger partial charge >= 0.3 is 11.9 Å².